The highest BCUT2D eigenvalue weighted by Crippen LogP contribution is 2.34. The fourth-order valence-corrected chi connectivity index (χ4v) is 5.43. The van der Waals surface area contributed by atoms with Crippen LogP contribution in [0.2, 0.25) is 0 Å². The number of nitrogens with one attached hydrogen (secondary N) is 1. The van der Waals surface area contributed by atoms with Gasteiger partial charge in [-0.25, -0.2) is 0 Å². The van der Waals surface area contributed by atoms with Gasteiger partial charge in [0.15, 0.2) is 0 Å². The van der Waals surface area contributed by atoms with Gasteiger partial charge >= 0.3 is 0 Å². The lowest BCUT2D eigenvalue weighted by atomic mass is 9.82. The zero-order valence-corrected chi connectivity index (χ0v) is 17.7. The highest BCUT2D eigenvalue weighted by atomic mass is 15.2. The van der Waals surface area contributed by atoms with E-state index in [0.29, 0.717) is 18.0 Å². The van der Waals surface area contributed by atoms with Crippen LogP contribution in [0.3, 0.4) is 0 Å². The summed E-state index contributed by atoms with van der Waals surface area (Å²) in [5.74, 6) is 0.526. The second-order valence-electron chi connectivity index (χ2n) is 8.94. The van der Waals surface area contributed by atoms with Crippen LogP contribution in [0.25, 0.3) is 0 Å². The third kappa shape index (κ3) is 4.35. The fraction of sp³-hybridized carbons (Fsp3) is 0.357. The Bertz CT molecular complexity index is 937. The van der Waals surface area contributed by atoms with Gasteiger partial charge < -0.3 is 5.32 Å². The van der Waals surface area contributed by atoms with E-state index >= 15 is 0 Å². The van der Waals surface area contributed by atoms with Crippen LogP contribution in [0.4, 0.5) is 0 Å². The van der Waals surface area contributed by atoms with Gasteiger partial charge in [0, 0.05) is 37.6 Å². The summed E-state index contributed by atoms with van der Waals surface area (Å²) in [5, 5.41) is 4.12. The van der Waals surface area contributed by atoms with Crippen molar-refractivity contribution in [3.05, 3.63) is 107 Å². The largest absolute Gasteiger partial charge is 0.306 e. The maximum absolute atomic E-state index is 4.12. The third-order valence-corrected chi connectivity index (χ3v) is 6.96. The molecular weight excluding hydrogens is 364 g/mol. The lowest BCUT2D eigenvalue weighted by Gasteiger charge is -2.42. The average molecular weight is 397 g/mol. The van der Waals surface area contributed by atoms with Crippen molar-refractivity contribution in [2.75, 3.05) is 13.1 Å². The molecule has 2 aliphatic rings. The van der Waals surface area contributed by atoms with Crippen molar-refractivity contribution >= 4 is 0 Å². The Morgan fingerprint density at radius 2 is 1.53 bits per heavy atom. The van der Waals surface area contributed by atoms with Crippen molar-refractivity contribution in [3.63, 3.8) is 0 Å². The van der Waals surface area contributed by atoms with Crippen molar-refractivity contribution in [2.24, 2.45) is 0 Å². The molecule has 0 saturated carbocycles. The minimum atomic E-state index is 0.492. The van der Waals surface area contributed by atoms with E-state index in [4.69, 9.17) is 0 Å². The summed E-state index contributed by atoms with van der Waals surface area (Å²) in [7, 11) is 0. The van der Waals surface area contributed by atoms with E-state index in [2.05, 4.69) is 95.1 Å². The summed E-state index contributed by atoms with van der Waals surface area (Å²) in [6.07, 6.45) is 4.97. The highest BCUT2D eigenvalue weighted by Gasteiger charge is 2.33. The van der Waals surface area contributed by atoms with E-state index in [1.165, 1.54) is 42.4 Å². The van der Waals surface area contributed by atoms with Crippen LogP contribution in [-0.4, -0.2) is 24.0 Å². The monoisotopic (exact) mass is 396 g/mol. The van der Waals surface area contributed by atoms with Gasteiger partial charge in [-0.05, 0) is 47.9 Å². The molecule has 1 aliphatic carbocycles. The minimum Gasteiger partial charge on any atom is -0.306 e. The first-order valence-corrected chi connectivity index (χ1v) is 11.5. The van der Waals surface area contributed by atoms with E-state index in [1.807, 2.05) is 0 Å². The molecule has 3 aromatic carbocycles. The molecule has 0 spiro atoms. The number of benzene rings is 3. The molecule has 1 aliphatic heterocycles. The van der Waals surface area contributed by atoms with Crippen LogP contribution in [-0.2, 0) is 13.0 Å². The van der Waals surface area contributed by atoms with Crippen LogP contribution in [0.1, 0.15) is 53.5 Å². The SMILES string of the molecule is c1ccc(CN2CC[C@@H](N[C@@H]3CCCc4ccccc43)[C@H](c3ccccc3)C2)cc1. The molecule has 3 atom stereocenters. The van der Waals surface area contributed by atoms with Crippen molar-refractivity contribution in [1.82, 2.24) is 10.2 Å². The lowest BCUT2D eigenvalue weighted by molar-refractivity contribution is 0.158. The second-order valence-corrected chi connectivity index (χ2v) is 8.94. The minimum absolute atomic E-state index is 0.492. The number of nitrogens with zero attached hydrogens (tertiary/aromatic N) is 1. The van der Waals surface area contributed by atoms with Crippen LogP contribution in [0.15, 0.2) is 84.9 Å². The summed E-state index contributed by atoms with van der Waals surface area (Å²) < 4.78 is 0. The van der Waals surface area contributed by atoms with Crippen molar-refractivity contribution < 1.29 is 0 Å². The summed E-state index contributed by atoms with van der Waals surface area (Å²) in [5.41, 5.74) is 5.95. The van der Waals surface area contributed by atoms with Crippen LogP contribution >= 0.6 is 0 Å². The number of piperidine rings is 1. The van der Waals surface area contributed by atoms with Gasteiger partial charge in [-0.15, -0.1) is 0 Å². The standard InChI is InChI=1S/C28H32N2/c1-3-10-22(11-4-1)20-30-19-18-28(26(21-30)24-12-5-2-6-13-24)29-27-17-9-15-23-14-7-8-16-25(23)27/h1-8,10-14,16,26-29H,9,15,17-21H2/t26-,27+,28+/m0/s1. The Morgan fingerprint density at radius 3 is 2.37 bits per heavy atom. The van der Waals surface area contributed by atoms with Crippen LogP contribution in [0.5, 0.6) is 0 Å². The molecule has 30 heavy (non-hydrogen) atoms. The Kier molecular flexibility index (Phi) is 5.96. The number of hydrogen-bond donors (Lipinski definition) is 1. The Balaban J connectivity index is 1.35. The van der Waals surface area contributed by atoms with Gasteiger partial charge in [-0.1, -0.05) is 84.9 Å². The quantitative estimate of drug-likeness (QED) is 0.594. The summed E-state index contributed by atoms with van der Waals surface area (Å²) in [4.78, 5) is 2.64. The summed E-state index contributed by atoms with van der Waals surface area (Å²) in [6, 6.07) is 32.1. The Labute approximate surface area is 180 Å². The van der Waals surface area contributed by atoms with Gasteiger partial charge in [0.05, 0.1) is 0 Å². The maximum Gasteiger partial charge on any atom is 0.0325 e. The molecule has 1 saturated heterocycles. The number of likely N-dealkylation sites (tertiary alicyclic amines) is 1. The van der Waals surface area contributed by atoms with Gasteiger partial charge in [0.1, 0.15) is 0 Å². The van der Waals surface area contributed by atoms with E-state index in [0.717, 1.165) is 19.6 Å². The lowest BCUT2D eigenvalue weighted by Crippen LogP contribution is -2.49. The molecule has 1 fully saturated rings. The molecule has 2 nitrogen and oxygen atoms in total. The molecule has 0 unspecified atom stereocenters. The van der Waals surface area contributed by atoms with Gasteiger partial charge in [-0.3, -0.25) is 4.90 Å². The van der Waals surface area contributed by atoms with E-state index in [1.54, 1.807) is 5.56 Å². The van der Waals surface area contributed by atoms with Gasteiger partial charge in [0.2, 0.25) is 0 Å². The van der Waals surface area contributed by atoms with Crippen molar-refractivity contribution in [2.45, 2.75) is 50.2 Å². The molecule has 0 amide bonds. The number of hydrogen-bond acceptors (Lipinski definition) is 2. The second kappa shape index (κ2) is 9.16. The normalized spacial score (nSPS) is 24.3. The highest BCUT2D eigenvalue weighted by molar-refractivity contribution is 5.33. The molecule has 154 valence electrons. The zero-order chi connectivity index (χ0) is 20.2. The van der Waals surface area contributed by atoms with E-state index in [-0.39, 0.29) is 0 Å². The number of rotatable bonds is 5. The van der Waals surface area contributed by atoms with E-state index < -0.39 is 0 Å². The molecule has 3 aromatic rings. The van der Waals surface area contributed by atoms with Crippen LogP contribution < -0.4 is 5.32 Å². The number of aryl methyl sites for hydroxylation is 1. The molecular formula is C28H32N2. The summed E-state index contributed by atoms with van der Waals surface area (Å²) >= 11 is 0. The van der Waals surface area contributed by atoms with Gasteiger partial charge in [-0.2, -0.15) is 0 Å². The zero-order valence-electron chi connectivity index (χ0n) is 17.7. The predicted octanol–water partition coefficient (Wildman–Crippen LogP) is 5.71. The number of fused-ring (bicyclic) bond motifs is 1. The molecule has 0 aromatic heterocycles. The molecule has 1 N–H and O–H groups in total. The average Bonchev–Trinajstić information content (AvgIpc) is 2.81. The van der Waals surface area contributed by atoms with E-state index in [9.17, 15) is 0 Å². The molecule has 0 bridgehead atoms. The first-order valence-electron chi connectivity index (χ1n) is 11.5. The van der Waals surface area contributed by atoms with Crippen LogP contribution in [0, 0.1) is 0 Å². The first-order chi connectivity index (χ1) is 14.9. The fourth-order valence-electron chi connectivity index (χ4n) is 5.43. The maximum atomic E-state index is 4.12. The Morgan fingerprint density at radius 1 is 0.800 bits per heavy atom. The molecule has 1 heterocycles. The Hall–Kier alpha value is -2.42. The van der Waals surface area contributed by atoms with Gasteiger partial charge in [0.25, 0.3) is 0 Å². The van der Waals surface area contributed by atoms with Crippen molar-refractivity contribution in [3.8, 4) is 0 Å². The smallest absolute Gasteiger partial charge is 0.0325 e. The predicted molar refractivity (Wildman–Crippen MR) is 125 cm³/mol. The molecule has 5 rings (SSSR count). The molecule has 0 radical (unpaired) electrons. The third-order valence-electron chi connectivity index (χ3n) is 6.96. The summed E-state index contributed by atoms with van der Waals surface area (Å²) in [6.45, 7) is 3.32. The topological polar surface area (TPSA) is 15.3 Å². The first kappa shape index (κ1) is 19.5. The van der Waals surface area contributed by atoms with Crippen molar-refractivity contribution in [1.29, 1.82) is 0 Å². The molecule has 2 heteroatoms.